The van der Waals surface area contributed by atoms with E-state index in [-0.39, 0.29) is 11.9 Å². The van der Waals surface area contributed by atoms with Gasteiger partial charge in [0.1, 0.15) is 5.84 Å². The standard InChI is InChI=1S/C11H14N6O/c12-10(13)8-7(17-2-1-6(18)4-17)3-14-11-9(8)15-5-16-11/h3,5-6,18H,1-2,4H2,(H3,12,13)(H,14,15,16). The molecule has 1 fully saturated rings. The number of aliphatic hydroxyl groups is 1. The van der Waals surface area contributed by atoms with E-state index in [1.54, 1.807) is 6.20 Å². The van der Waals surface area contributed by atoms with Gasteiger partial charge in [-0.15, -0.1) is 0 Å². The fourth-order valence-electron chi connectivity index (χ4n) is 2.36. The van der Waals surface area contributed by atoms with Crippen LogP contribution in [0.1, 0.15) is 12.0 Å². The van der Waals surface area contributed by atoms with E-state index in [2.05, 4.69) is 15.0 Å². The maximum absolute atomic E-state index is 9.60. The number of aromatic nitrogens is 3. The number of amidine groups is 1. The monoisotopic (exact) mass is 246 g/mol. The molecule has 5 N–H and O–H groups in total. The predicted molar refractivity (Wildman–Crippen MR) is 67.7 cm³/mol. The number of pyridine rings is 1. The fraction of sp³-hybridized carbons (Fsp3) is 0.364. The second kappa shape index (κ2) is 3.95. The van der Waals surface area contributed by atoms with Crippen LogP contribution in [0.4, 0.5) is 5.69 Å². The lowest BCUT2D eigenvalue weighted by Crippen LogP contribution is -2.25. The lowest BCUT2D eigenvalue weighted by Gasteiger charge is -2.20. The van der Waals surface area contributed by atoms with Crippen LogP contribution >= 0.6 is 0 Å². The second-order valence-corrected chi connectivity index (χ2v) is 4.42. The Morgan fingerprint density at radius 3 is 3.06 bits per heavy atom. The molecule has 0 amide bonds. The van der Waals surface area contributed by atoms with Crippen molar-refractivity contribution >= 4 is 22.7 Å². The number of nitrogen functional groups attached to an aromatic ring is 1. The quantitative estimate of drug-likeness (QED) is 0.433. The number of anilines is 1. The van der Waals surface area contributed by atoms with Crippen molar-refractivity contribution in [3.8, 4) is 0 Å². The summed E-state index contributed by atoms with van der Waals surface area (Å²) < 4.78 is 0. The molecule has 0 saturated carbocycles. The molecule has 18 heavy (non-hydrogen) atoms. The van der Waals surface area contributed by atoms with Gasteiger partial charge in [-0.2, -0.15) is 0 Å². The number of imidazole rings is 1. The van der Waals surface area contributed by atoms with Crippen molar-refractivity contribution in [2.75, 3.05) is 18.0 Å². The van der Waals surface area contributed by atoms with Crippen LogP contribution in [0.15, 0.2) is 12.5 Å². The first kappa shape index (κ1) is 11.0. The molecule has 0 spiro atoms. The number of H-pyrrole nitrogens is 1. The summed E-state index contributed by atoms with van der Waals surface area (Å²) >= 11 is 0. The van der Waals surface area contributed by atoms with Crippen molar-refractivity contribution in [2.45, 2.75) is 12.5 Å². The van der Waals surface area contributed by atoms with Crippen LogP contribution in [0.2, 0.25) is 0 Å². The fourth-order valence-corrected chi connectivity index (χ4v) is 2.36. The van der Waals surface area contributed by atoms with Gasteiger partial charge in [-0.25, -0.2) is 9.97 Å². The molecule has 2 aromatic heterocycles. The van der Waals surface area contributed by atoms with Crippen LogP contribution in [0.3, 0.4) is 0 Å². The van der Waals surface area contributed by atoms with E-state index in [1.165, 1.54) is 6.33 Å². The number of aromatic amines is 1. The van der Waals surface area contributed by atoms with Crippen LogP contribution < -0.4 is 10.6 Å². The highest BCUT2D eigenvalue weighted by atomic mass is 16.3. The maximum Gasteiger partial charge on any atom is 0.178 e. The molecule has 1 aliphatic rings. The summed E-state index contributed by atoms with van der Waals surface area (Å²) in [4.78, 5) is 13.2. The first-order valence-electron chi connectivity index (χ1n) is 5.76. The molecule has 1 saturated heterocycles. The van der Waals surface area contributed by atoms with E-state index in [1.807, 2.05) is 4.90 Å². The van der Waals surface area contributed by atoms with Gasteiger partial charge in [0.15, 0.2) is 5.65 Å². The zero-order valence-electron chi connectivity index (χ0n) is 9.72. The first-order chi connectivity index (χ1) is 8.66. The van der Waals surface area contributed by atoms with Gasteiger partial charge in [-0.3, -0.25) is 5.41 Å². The highest BCUT2D eigenvalue weighted by Crippen LogP contribution is 2.27. The molecule has 3 rings (SSSR count). The summed E-state index contributed by atoms with van der Waals surface area (Å²) in [5.74, 6) is -0.0250. The molecule has 94 valence electrons. The van der Waals surface area contributed by atoms with Gasteiger partial charge in [0.25, 0.3) is 0 Å². The highest BCUT2D eigenvalue weighted by Gasteiger charge is 2.25. The minimum Gasteiger partial charge on any atom is -0.391 e. The summed E-state index contributed by atoms with van der Waals surface area (Å²) in [5, 5.41) is 17.3. The van der Waals surface area contributed by atoms with E-state index in [4.69, 9.17) is 11.1 Å². The SMILES string of the molecule is N=C(N)c1c(N2CCC(O)C2)cnc2nc[nH]c12. The average molecular weight is 246 g/mol. The van der Waals surface area contributed by atoms with Crippen molar-refractivity contribution in [2.24, 2.45) is 5.73 Å². The van der Waals surface area contributed by atoms with Crippen LogP contribution in [0.5, 0.6) is 0 Å². The molecule has 0 radical (unpaired) electrons. The number of fused-ring (bicyclic) bond motifs is 1. The second-order valence-electron chi connectivity index (χ2n) is 4.42. The van der Waals surface area contributed by atoms with E-state index >= 15 is 0 Å². The molecular formula is C11H14N6O. The van der Waals surface area contributed by atoms with Gasteiger partial charge in [0, 0.05) is 13.1 Å². The molecule has 1 atom stereocenters. The van der Waals surface area contributed by atoms with E-state index in [0.29, 0.717) is 23.3 Å². The van der Waals surface area contributed by atoms with Gasteiger partial charge >= 0.3 is 0 Å². The van der Waals surface area contributed by atoms with Crippen LogP contribution in [-0.4, -0.2) is 45.1 Å². The molecule has 2 aromatic rings. The third-order valence-electron chi connectivity index (χ3n) is 3.21. The van der Waals surface area contributed by atoms with Gasteiger partial charge in [0.2, 0.25) is 0 Å². The summed E-state index contributed by atoms with van der Waals surface area (Å²) in [6.07, 6.45) is 3.59. The van der Waals surface area contributed by atoms with Crippen molar-refractivity contribution in [3.05, 3.63) is 18.1 Å². The van der Waals surface area contributed by atoms with E-state index < -0.39 is 0 Å². The van der Waals surface area contributed by atoms with Crippen LogP contribution in [0, 0.1) is 5.41 Å². The lowest BCUT2D eigenvalue weighted by atomic mass is 10.1. The minimum absolute atomic E-state index is 0.0250. The van der Waals surface area contributed by atoms with Crippen molar-refractivity contribution in [1.29, 1.82) is 5.41 Å². The number of hydrogen-bond donors (Lipinski definition) is 4. The minimum atomic E-state index is -0.331. The zero-order valence-corrected chi connectivity index (χ0v) is 9.72. The maximum atomic E-state index is 9.60. The summed E-state index contributed by atoms with van der Waals surface area (Å²) in [6, 6.07) is 0. The topological polar surface area (TPSA) is 115 Å². The van der Waals surface area contributed by atoms with Crippen LogP contribution in [-0.2, 0) is 0 Å². The van der Waals surface area contributed by atoms with Crippen molar-refractivity contribution < 1.29 is 5.11 Å². The molecule has 3 heterocycles. The lowest BCUT2D eigenvalue weighted by molar-refractivity contribution is 0.198. The molecule has 7 nitrogen and oxygen atoms in total. The Labute approximate surface area is 103 Å². The van der Waals surface area contributed by atoms with Gasteiger partial charge in [-0.05, 0) is 6.42 Å². The number of nitrogens with one attached hydrogen (secondary N) is 2. The molecule has 0 aromatic carbocycles. The summed E-state index contributed by atoms with van der Waals surface area (Å²) in [7, 11) is 0. The Hall–Kier alpha value is -2.15. The largest absolute Gasteiger partial charge is 0.391 e. The predicted octanol–water partition coefficient (Wildman–Crippen LogP) is -0.187. The summed E-state index contributed by atoms with van der Waals surface area (Å²) in [6.45, 7) is 1.28. The number of aliphatic hydroxyl groups excluding tert-OH is 1. The van der Waals surface area contributed by atoms with Gasteiger partial charge < -0.3 is 20.7 Å². The van der Waals surface area contributed by atoms with Gasteiger partial charge in [0.05, 0.1) is 35.4 Å². The van der Waals surface area contributed by atoms with E-state index in [9.17, 15) is 5.11 Å². The third-order valence-corrected chi connectivity index (χ3v) is 3.21. The zero-order chi connectivity index (χ0) is 12.7. The van der Waals surface area contributed by atoms with Crippen molar-refractivity contribution in [3.63, 3.8) is 0 Å². The molecule has 1 unspecified atom stereocenters. The van der Waals surface area contributed by atoms with Gasteiger partial charge in [-0.1, -0.05) is 0 Å². The number of hydrogen-bond acceptors (Lipinski definition) is 5. The molecular weight excluding hydrogens is 232 g/mol. The normalized spacial score (nSPS) is 19.6. The number of rotatable bonds is 2. The molecule has 1 aliphatic heterocycles. The third kappa shape index (κ3) is 1.60. The van der Waals surface area contributed by atoms with E-state index in [0.717, 1.165) is 18.7 Å². The number of nitrogens with zero attached hydrogens (tertiary/aromatic N) is 3. The Balaban J connectivity index is 2.16. The highest BCUT2D eigenvalue weighted by molar-refractivity contribution is 6.09. The average Bonchev–Trinajstić information content (AvgIpc) is 2.95. The molecule has 0 aliphatic carbocycles. The Morgan fingerprint density at radius 2 is 2.39 bits per heavy atom. The molecule has 7 heteroatoms. The first-order valence-corrected chi connectivity index (χ1v) is 5.76. The molecule has 0 bridgehead atoms. The number of β-amino-alcohol motifs (C(OH)–C–C–N with tert-alkyl or cyclic N) is 1. The van der Waals surface area contributed by atoms with Crippen LogP contribution in [0.25, 0.3) is 11.2 Å². The Kier molecular flexibility index (Phi) is 2.41. The smallest absolute Gasteiger partial charge is 0.178 e. The Bertz CT molecular complexity index is 607. The Morgan fingerprint density at radius 1 is 1.56 bits per heavy atom. The number of nitrogens with two attached hydrogens (primary N) is 1. The summed E-state index contributed by atoms with van der Waals surface area (Å²) in [5.41, 5.74) is 8.25. The van der Waals surface area contributed by atoms with Crippen molar-refractivity contribution in [1.82, 2.24) is 15.0 Å².